The van der Waals surface area contributed by atoms with E-state index in [0.717, 1.165) is 0 Å². The smallest absolute Gasteiger partial charge is 0.229 e. The third-order valence-electron chi connectivity index (χ3n) is 2.86. The SMILES string of the molecule is FC(F)(F)C1(F)CCCc2ccccc21. The first-order valence-corrected chi connectivity index (χ1v) is 4.79. The molecule has 0 nitrogen and oxygen atoms in total. The Labute approximate surface area is 84.9 Å². The summed E-state index contributed by atoms with van der Waals surface area (Å²) in [6, 6.07) is 5.89. The maximum Gasteiger partial charge on any atom is 0.426 e. The summed E-state index contributed by atoms with van der Waals surface area (Å²) in [6.07, 6.45) is -4.51. The summed E-state index contributed by atoms with van der Waals surface area (Å²) in [4.78, 5) is 0. The van der Waals surface area contributed by atoms with Gasteiger partial charge in [-0.05, 0) is 24.8 Å². The summed E-state index contributed by atoms with van der Waals surface area (Å²) < 4.78 is 51.8. The Morgan fingerprint density at radius 2 is 1.80 bits per heavy atom. The van der Waals surface area contributed by atoms with Crippen LogP contribution in [0.5, 0.6) is 0 Å². The first-order chi connectivity index (χ1) is 6.95. The predicted molar refractivity (Wildman–Crippen MR) is 48.2 cm³/mol. The molecule has 0 N–H and O–H groups in total. The fourth-order valence-corrected chi connectivity index (χ4v) is 2.08. The monoisotopic (exact) mass is 218 g/mol. The molecule has 1 aliphatic rings. The average molecular weight is 218 g/mol. The summed E-state index contributed by atoms with van der Waals surface area (Å²) >= 11 is 0. The van der Waals surface area contributed by atoms with Crippen LogP contribution in [-0.2, 0) is 12.1 Å². The maximum atomic E-state index is 13.9. The number of fused-ring (bicyclic) bond motifs is 1. The number of benzene rings is 1. The number of hydrogen-bond acceptors (Lipinski definition) is 0. The third-order valence-corrected chi connectivity index (χ3v) is 2.86. The van der Waals surface area contributed by atoms with E-state index in [2.05, 4.69) is 0 Å². The minimum Gasteiger partial charge on any atom is -0.229 e. The minimum absolute atomic E-state index is 0.205. The van der Waals surface area contributed by atoms with E-state index in [0.29, 0.717) is 12.0 Å². The second-order valence-electron chi connectivity index (χ2n) is 3.81. The van der Waals surface area contributed by atoms with E-state index in [4.69, 9.17) is 0 Å². The molecule has 0 bridgehead atoms. The van der Waals surface area contributed by atoms with Crippen LogP contribution in [0.15, 0.2) is 24.3 Å². The highest BCUT2D eigenvalue weighted by Gasteiger charge is 2.58. The van der Waals surface area contributed by atoms with Crippen LogP contribution >= 0.6 is 0 Å². The van der Waals surface area contributed by atoms with E-state index in [-0.39, 0.29) is 12.0 Å². The van der Waals surface area contributed by atoms with Crippen LogP contribution in [0.3, 0.4) is 0 Å². The normalized spacial score (nSPS) is 26.1. The minimum atomic E-state index is -4.82. The standard InChI is InChI=1S/C11H10F4/c12-10(11(13,14)15)7-3-5-8-4-1-2-6-9(8)10/h1-2,4,6H,3,5,7H2. The molecule has 0 aromatic heterocycles. The van der Waals surface area contributed by atoms with E-state index >= 15 is 0 Å². The van der Waals surface area contributed by atoms with Crippen LogP contribution < -0.4 is 0 Å². The Morgan fingerprint density at radius 3 is 2.47 bits per heavy atom. The summed E-state index contributed by atoms with van der Waals surface area (Å²) in [5.74, 6) is 0. The van der Waals surface area contributed by atoms with Gasteiger partial charge in [0.15, 0.2) is 0 Å². The molecule has 0 fully saturated rings. The van der Waals surface area contributed by atoms with Crippen molar-refractivity contribution in [3.05, 3.63) is 35.4 Å². The molecule has 1 aliphatic carbocycles. The van der Waals surface area contributed by atoms with Gasteiger partial charge in [-0.15, -0.1) is 0 Å². The summed E-state index contributed by atoms with van der Waals surface area (Å²) in [6.45, 7) is 0. The van der Waals surface area contributed by atoms with E-state index in [1.807, 2.05) is 0 Å². The highest BCUT2D eigenvalue weighted by atomic mass is 19.4. The molecule has 0 saturated heterocycles. The van der Waals surface area contributed by atoms with Crippen molar-refractivity contribution < 1.29 is 17.6 Å². The Morgan fingerprint density at radius 1 is 1.13 bits per heavy atom. The summed E-state index contributed by atoms with van der Waals surface area (Å²) in [5.41, 5.74) is -2.88. The molecular formula is C11H10F4. The van der Waals surface area contributed by atoms with Gasteiger partial charge in [0.2, 0.25) is 5.67 Å². The van der Waals surface area contributed by atoms with Gasteiger partial charge < -0.3 is 0 Å². The molecular weight excluding hydrogens is 208 g/mol. The van der Waals surface area contributed by atoms with Crippen LogP contribution in [-0.4, -0.2) is 6.18 Å². The van der Waals surface area contributed by atoms with Crippen molar-refractivity contribution in [3.8, 4) is 0 Å². The van der Waals surface area contributed by atoms with Gasteiger partial charge in [-0.1, -0.05) is 24.3 Å². The second-order valence-corrected chi connectivity index (χ2v) is 3.81. The Kier molecular flexibility index (Phi) is 2.24. The van der Waals surface area contributed by atoms with Gasteiger partial charge in [-0.3, -0.25) is 0 Å². The van der Waals surface area contributed by atoms with Gasteiger partial charge in [0.25, 0.3) is 0 Å². The Balaban J connectivity index is 2.55. The van der Waals surface area contributed by atoms with Crippen molar-refractivity contribution in [2.24, 2.45) is 0 Å². The van der Waals surface area contributed by atoms with Gasteiger partial charge in [-0.25, -0.2) is 4.39 Å². The zero-order chi connectivity index (χ0) is 11.1. The van der Waals surface area contributed by atoms with Crippen molar-refractivity contribution in [2.45, 2.75) is 31.1 Å². The van der Waals surface area contributed by atoms with Gasteiger partial charge >= 0.3 is 6.18 Å². The molecule has 82 valence electrons. The number of hydrogen-bond donors (Lipinski definition) is 0. The molecule has 1 aromatic carbocycles. The van der Waals surface area contributed by atoms with Crippen molar-refractivity contribution in [1.82, 2.24) is 0 Å². The lowest BCUT2D eigenvalue weighted by atomic mass is 9.80. The number of halogens is 4. The molecule has 1 aromatic rings. The van der Waals surface area contributed by atoms with Crippen LogP contribution in [0, 0.1) is 0 Å². The number of aryl methyl sites for hydroxylation is 1. The zero-order valence-corrected chi connectivity index (χ0v) is 7.94. The Bertz CT molecular complexity index is 369. The number of alkyl halides is 4. The molecule has 15 heavy (non-hydrogen) atoms. The van der Waals surface area contributed by atoms with Crippen LogP contribution in [0.1, 0.15) is 24.0 Å². The van der Waals surface area contributed by atoms with E-state index in [1.165, 1.54) is 12.1 Å². The molecule has 2 rings (SSSR count). The largest absolute Gasteiger partial charge is 0.426 e. The van der Waals surface area contributed by atoms with Crippen LogP contribution in [0.25, 0.3) is 0 Å². The number of rotatable bonds is 0. The quantitative estimate of drug-likeness (QED) is 0.582. The van der Waals surface area contributed by atoms with Crippen molar-refractivity contribution >= 4 is 0 Å². The van der Waals surface area contributed by atoms with Gasteiger partial charge in [0, 0.05) is 5.56 Å². The first kappa shape index (κ1) is 10.5. The molecule has 0 spiro atoms. The molecule has 0 radical (unpaired) electrons. The molecule has 4 heteroatoms. The van der Waals surface area contributed by atoms with E-state index in [1.54, 1.807) is 12.1 Å². The maximum absolute atomic E-state index is 13.9. The highest BCUT2D eigenvalue weighted by Crippen LogP contribution is 2.49. The van der Waals surface area contributed by atoms with Crippen molar-refractivity contribution in [2.75, 3.05) is 0 Å². The third kappa shape index (κ3) is 1.52. The van der Waals surface area contributed by atoms with Gasteiger partial charge in [-0.2, -0.15) is 13.2 Å². The van der Waals surface area contributed by atoms with Gasteiger partial charge in [0.1, 0.15) is 0 Å². The van der Waals surface area contributed by atoms with Crippen molar-refractivity contribution in [3.63, 3.8) is 0 Å². The Hall–Kier alpha value is -1.06. The zero-order valence-electron chi connectivity index (χ0n) is 7.94. The fourth-order valence-electron chi connectivity index (χ4n) is 2.08. The molecule has 0 saturated carbocycles. The van der Waals surface area contributed by atoms with Crippen molar-refractivity contribution in [1.29, 1.82) is 0 Å². The summed E-state index contributed by atoms with van der Waals surface area (Å²) in [5, 5.41) is 0. The van der Waals surface area contributed by atoms with Gasteiger partial charge in [0.05, 0.1) is 0 Å². The average Bonchev–Trinajstić information content (AvgIpc) is 2.17. The van der Waals surface area contributed by atoms with E-state index < -0.39 is 18.3 Å². The second kappa shape index (κ2) is 3.22. The van der Waals surface area contributed by atoms with E-state index in [9.17, 15) is 17.6 Å². The van der Waals surface area contributed by atoms with Crippen LogP contribution in [0.2, 0.25) is 0 Å². The van der Waals surface area contributed by atoms with Crippen LogP contribution in [0.4, 0.5) is 17.6 Å². The summed E-state index contributed by atoms with van der Waals surface area (Å²) in [7, 11) is 0. The first-order valence-electron chi connectivity index (χ1n) is 4.79. The lowest BCUT2D eigenvalue weighted by molar-refractivity contribution is -0.240. The highest BCUT2D eigenvalue weighted by molar-refractivity contribution is 5.36. The molecule has 0 aliphatic heterocycles. The molecule has 1 atom stereocenters. The molecule has 0 amide bonds. The molecule has 0 heterocycles. The molecule has 1 unspecified atom stereocenters. The topological polar surface area (TPSA) is 0 Å². The predicted octanol–water partition coefficient (Wildman–Crippen LogP) is 3.75. The fraction of sp³-hybridized carbons (Fsp3) is 0.455. The lowest BCUT2D eigenvalue weighted by Gasteiger charge is -2.33. The lowest BCUT2D eigenvalue weighted by Crippen LogP contribution is -2.40.